The molecule has 0 saturated carbocycles. The molecule has 1 aliphatic rings. The van der Waals surface area contributed by atoms with Crippen LogP contribution in [0.25, 0.3) is 10.9 Å². The smallest absolute Gasteiger partial charge is 0.270 e. The Morgan fingerprint density at radius 1 is 1.17 bits per heavy atom. The number of ether oxygens (including phenoxy) is 1. The van der Waals surface area contributed by atoms with Crippen LogP contribution in [0.5, 0.6) is 5.75 Å². The number of H-pyrrole nitrogens is 1. The average Bonchev–Trinajstić information content (AvgIpc) is 3.17. The number of para-hydroxylation sites is 1. The van der Waals surface area contributed by atoms with E-state index in [-0.39, 0.29) is 11.9 Å². The zero-order valence-corrected chi connectivity index (χ0v) is 18.4. The van der Waals surface area contributed by atoms with Crippen LogP contribution in [0.1, 0.15) is 40.0 Å². The van der Waals surface area contributed by atoms with Crippen LogP contribution >= 0.6 is 0 Å². The summed E-state index contributed by atoms with van der Waals surface area (Å²) in [5, 5.41) is 1.12. The fourth-order valence-electron chi connectivity index (χ4n) is 4.56. The summed E-state index contributed by atoms with van der Waals surface area (Å²) < 4.78 is 5.56. The summed E-state index contributed by atoms with van der Waals surface area (Å²) in [5.74, 6) is 0.884. The lowest BCUT2D eigenvalue weighted by Gasteiger charge is -2.37. The van der Waals surface area contributed by atoms with Crippen LogP contribution in [0.15, 0.2) is 42.5 Å². The zero-order chi connectivity index (χ0) is 21.3. The molecule has 5 nitrogen and oxygen atoms in total. The summed E-state index contributed by atoms with van der Waals surface area (Å²) in [7, 11) is 3.83. The van der Waals surface area contributed by atoms with E-state index in [2.05, 4.69) is 42.9 Å². The summed E-state index contributed by atoms with van der Waals surface area (Å²) >= 11 is 0. The summed E-state index contributed by atoms with van der Waals surface area (Å²) in [4.78, 5) is 21.5. The third kappa shape index (κ3) is 4.08. The monoisotopic (exact) mass is 405 g/mol. The van der Waals surface area contributed by atoms with Crippen LogP contribution in [-0.4, -0.2) is 54.0 Å². The minimum atomic E-state index is 0.0590. The Morgan fingerprint density at radius 2 is 1.90 bits per heavy atom. The summed E-state index contributed by atoms with van der Waals surface area (Å²) in [6.45, 7) is 6.74. The molecule has 0 bridgehead atoms. The molecular weight excluding hydrogens is 374 g/mol. The van der Waals surface area contributed by atoms with Crippen molar-refractivity contribution in [1.82, 2.24) is 14.8 Å². The van der Waals surface area contributed by atoms with E-state index in [9.17, 15) is 4.79 Å². The normalized spacial score (nSPS) is 15.5. The number of piperidine rings is 1. The molecule has 158 valence electrons. The van der Waals surface area contributed by atoms with E-state index in [1.54, 1.807) is 7.11 Å². The van der Waals surface area contributed by atoms with Crippen molar-refractivity contribution < 1.29 is 9.53 Å². The lowest BCUT2D eigenvalue weighted by molar-refractivity contribution is 0.0563. The van der Waals surface area contributed by atoms with Crippen molar-refractivity contribution in [1.29, 1.82) is 0 Å². The summed E-state index contributed by atoms with van der Waals surface area (Å²) in [6.07, 6.45) is 1.96. The highest BCUT2D eigenvalue weighted by Gasteiger charge is 2.29. The number of carbonyl (C=O) groups is 1. The molecule has 0 unspecified atom stereocenters. The van der Waals surface area contributed by atoms with Crippen molar-refractivity contribution >= 4 is 16.8 Å². The van der Waals surface area contributed by atoms with Gasteiger partial charge in [0.15, 0.2) is 0 Å². The second-order valence-corrected chi connectivity index (χ2v) is 8.51. The maximum Gasteiger partial charge on any atom is 0.270 e. The van der Waals surface area contributed by atoms with Gasteiger partial charge in [0.1, 0.15) is 11.4 Å². The molecule has 0 radical (unpaired) electrons. The highest BCUT2D eigenvalue weighted by Crippen LogP contribution is 2.27. The minimum Gasteiger partial charge on any atom is -0.496 e. The van der Waals surface area contributed by atoms with Crippen LogP contribution in [0.4, 0.5) is 0 Å². The molecular formula is C25H31N3O2. The Hall–Kier alpha value is -2.79. The number of amides is 1. The van der Waals surface area contributed by atoms with Crippen molar-refractivity contribution in [3.8, 4) is 5.75 Å². The fourth-order valence-corrected chi connectivity index (χ4v) is 4.56. The van der Waals surface area contributed by atoms with Gasteiger partial charge in [-0.15, -0.1) is 0 Å². The van der Waals surface area contributed by atoms with Gasteiger partial charge in [-0.1, -0.05) is 24.3 Å². The molecule has 0 atom stereocenters. The fraction of sp³-hybridized carbons (Fsp3) is 0.400. The Morgan fingerprint density at radius 3 is 2.63 bits per heavy atom. The maximum absolute atomic E-state index is 13.7. The second-order valence-electron chi connectivity index (χ2n) is 8.51. The van der Waals surface area contributed by atoms with Crippen molar-refractivity contribution in [2.45, 2.75) is 39.3 Å². The van der Waals surface area contributed by atoms with Gasteiger partial charge in [0.2, 0.25) is 0 Å². The third-order valence-electron chi connectivity index (χ3n) is 6.24. The van der Waals surface area contributed by atoms with Gasteiger partial charge in [-0.2, -0.15) is 0 Å². The second kappa shape index (κ2) is 8.52. The molecule has 1 amide bonds. The van der Waals surface area contributed by atoms with E-state index in [0.717, 1.165) is 48.1 Å². The lowest BCUT2D eigenvalue weighted by Crippen LogP contribution is -2.46. The van der Waals surface area contributed by atoms with Crippen LogP contribution in [-0.2, 0) is 6.54 Å². The van der Waals surface area contributed by atoms with Crippen molar-refractivity contribution in [2.75, 3.05) is 27.2 Å². The number of likely N-dealkylation sites (tertiary alicyclic amines) is 1. The quantitative estimate of drug-likeness (QED) is 0.678. The number of nitrogens with one attached hydrogen (secondary N) is 1. The number of nitrogens with zero attached hydrogens (tertiary/aromatic N) is 2. The third-order valence-corrected chi connectivity index (χ3v) is 6.24. The van der Waals surface area contributed by atoms with Crippen molar-refractivity contribution in [2.24, 2.45) is 0 Å². The number of carbonyl (C=O) groups excluding carboxylic acids is 1. The minimum absolute atomic E-state index is 0.0590. The van der Waals surface area contributed by atoms with E-state index in [4.69, 9.17) is 4.74 Å². The first-order valence-electron chi connectivity index (χ1n) is 10.7. The van der Waals surface area contributed by atoms with Gasteiger partial charge in [-0.25, -0.2) is 0 Å². The lowest BCUT2D eigenvalue weighted by atomic mass is 10.0. The SMILES string of the molecule is COc1ccccc1CN(C(=O)c1cc2c(C)cc(C)cc2[nH]1)C1CCN(C)CC1. The Balaban J connectivity index is 1.69. The van der Waals surface area contributed by atoms with Crippen LogP contribution in [0, 0.1) is 13.8 Å². The number of aromatic nitrogens is 1. The van der Waals surface area contributed by atoms with E-state index in [1.807, 2.05) is 35.2 Å². The van der Waals surface area contributed by atoms with Gasteiger partial charge in [-0.3, -0.25) is 4.79 Å². The number of methoxy groups -OCH3 is 1. The maximum atomic E-state index is 13.7. The number of benzene rings is 2. The number of hydrogen-bond donors (Lipinski definition) is 1. The molecule has 4 rings (SSSR count). The predicted molar refractivity (Wildman–Crippen MR) is 121 cm³/mol. The van der Waals surface area contributed by atoms with Crippen LogP contribution in [0.3, 0.4) is 0 Å². The van der Waals surface area contributed by atoms with Crippen LogP contribution in [0.2, 0.25) is 0 Å². The van der Waals surface area contributed by atoms with Gasteiger partial charge < -0.3 is 19.5 Å². The molecule has 2 aromatic carbocycles. The molecule has 1 aliphatic heterocycles. The Kier molecular flexibility index (Phi) is 5.82. The highest BCUT2D eigenvalue weighted by molar-refractivity contribution is 5.99. The van der Waals surface area contributed by atoms with Gasteiger partial charge in [0.05, 0.1) is 7.11 Å². The first kappa shape index (κ1) is 20.5. The first-order valence-corrected chi connectivity index (χ1v) is 10.7. The first-order chi connectivity index (χ1) is 14.5. The molecule has 5 heteroatoms. The van der Waals surface area contributed by atoms with E-state index in [1.165, 1.54) is 11.1 Å². The number of aryl methyl sites for hydroxylation is 2. The van der Waals surface area contributed by atoms with Gasteiger partial charge in [0.25, 0.3) is 5.91 Å². The molecule has 3 aromatic rings. The van der Waals surface area contributed by atoms with E-state index in [0.29, 0.717) is 12.2 Å². The number of fused-ring (bicyclic) bond motifs is 1. The van der Waals surface area contributed by atoms with E-state index < -0.39 is 0 Å². The Bertz CT molecular complexity index is 1050. The largest absolute Gasteiger partial charge is 0.496 e. The van der Waals surface area contributed by atoms with Gasteiger partial charge in [0, 0.05) is 29.1 Å². The number of rotatable bonds is 5. The van der Waals surface area contributed by atoms with Gasteiger partial charge >= 0.3 is 0 Å². The predicted octanol–water partition coefficient (Wildman–Crippen LogP) is 4.53. The van der Waals surface area contributed by atoms with Crippen molar-refractivity contribution in [3.05, 3.63) is 64.8 Å². The van der Waals surface area contributed by atoms with E-state index >= 15 is 0 Å². The number of hydrogen-bond acceptors (Lipinski definition) is 3. The topological polar surface area (TPSA) is 48.6 Å². The number of aromatic amines is 1. The summed E-state index contributed by atoms with van der Waals surface area (Å²) in [5.41, 5.74) is 5.11. The molecule has 1 N–H and O–H groups in total. The molecule has 0 spiro atoms. The molecule has 1 aromatic heterocycles. The standard InChI is InChI=1S/C25H31N3O2/c1-17-13-18(2)21-15-23(26-22(21)14-17)25(29)28(20-9-11-27(3)12-10-20)16-19-7-5-6-8-24(19)30-4/h5-8,13-15,20,26H,9-12,16H2,1-4H3. The molecule has 2 heterocycles. The molecule has 0 aliphatic carbocycles. The molecule has 1 saturated heterocycles. The zero-order valence-electron chi connectivity index (χ0n) is 18.4. The van der Waals surface area contributed by atoms with Gasteiger partial charge in [-0.05, 0) is 76.2 Å². The van der Waals surface area contributed by atoms with Crippen molar-refractivity contribution in [3.63, 3.8) is 0 Å². The average molecular weight is 406 g/mol. The Labute approximate surface area is 178 Å². The van der Waals surface area contributed by atoms with Crippen LogP contribution < -0.4 is 4.74 Å². The summed E-state index contributed by atoms with van der Waals surface area (Å²) in [6, 6.07) is 14.5. The highest BCUT2D eigenvalue weighted by atomic mass is 16.5. The molecule has 1 fully saturated rings. The molecule has 30 heavy (non-hydrogen) atoms.